The first kappa shape index (κ1) is 79.3. The van der Waals surface area contributed by atoms with Crippen molar-refractivity contribution in [2.24, 2.45) is 5.41 Å². The normalized spacial score (nSPS) is 18.4. The molecule has 0 saturated carbocycles. The molecule has 5 fully saturated rings. The topological polar surface area (TPSA) is 380 Å². The van der Waals surface area contributed by atoms with Crippen LogP contribution in [0.5, 0.6) is 22.6 Å². The van der Waals surface area contributed by atoms with Gasteiger partial charge in [0, 0.05) is 156 Å². The summed E-state index contributed by atoms with van der Waals surface area (Å²) in [5.41, 5.74) is 10.5. The first-order chi connectivity index (χ1) is 54.3. The number of hydrogen-bond donors (Lipinski definition) is 11. The van der Waals surface area contributed by atoms with Crippen molar-refractivity contribution in [2.75, 3.05) is 55.0 Å². The van der Waals surface area contributed by atoms with Gasteiger partial charge in [0.15, 0.2) is 11.6 Å². The molecule has 10 aromatic heterocycles. The van der Waals surface area contributed by atoms with Crippen LogP contribution >= 0.6 is 11.3 Å². The molecule has 0 aliphatic carbocycles. The predicted octanol–water partition coefficient (Wildman–Crippen LogP) is 12.4. The molecular weight excluding hydrogens is 1460 g/mol. The van der Waals surface area contributed by atoms with Crippen LogP contribution in [0.2, 0.25) is 0 Å². The smallest absolute Gasteiger partial charge is 0.301 e. The number of piperidine rings is 3. The summed E-state index contributed by atoms with van der Waals surface area (Å²) in [6, 6.07) is 32.6. The first-order valence-corrected chi connectivity index (χ1v) is 39.5. The molecule has 12 aromatic rings. The van der Waals surface area contributed by atoms with E-state index >= 15 is 0 Å². The molecular formula is C83H103N25O5S. The number of aromatic amines is 6. The van der Waals surface area contributed by atoms with Crippen molar-refractivity contribution in [3.63, 3.8) is 0 Å². The lowest BCUT2D eigenvalue weighted by Gasteiger charge is -2.49. The second-order valence-corrected chi connectivity index (χ2v) is 35.6. The average Bonchev–Trinajstić information content (AvgIpc) is 1.49. The molecule has 1 spiro atoms. The van der Waals surface area contributed by atoms with Gasteiger partial charge in [0.1, 0.15) is 17.6 Å². The molecule has 0 radical (unpaired) electrons. The minimum absolute atomic E-state index is 0.0101. The van der Waals surface area contributed by atoms with Crippen LogP contribution < -0.4 is 56.6 Å². The zero-order valence-corrected chi connectivity index (χ0v) is 68.0. The van der Waals surface area contributed by atoms with Crippen LogP contribution in [0.3, 0.4) is 0 Å². The van der Waals surface area contributed by atoms with Gasteiger partial charge in [0.25, 0.3) is 11.1 Å². The van der Waals surface area contributed by atoms with Gasteiger partial charge in [-0.2, -0.15) is 20.4 Å². The van der Waals surface area contributed by atoms with Crippen molar-refractivity contribution in [2.45, 2.75) is 179 Å². The van der Waals surface area contributed by atoms with Gasteiger partial charge in [0.2, 0.25) is 11.0 Å². The molecule has 15 heterocycles. The quantitative estimate of drug-likeness (QED) is 0.0428. The van der Waals surface area contributed by atoms with Crippen molar-refractivity contribution in [1.29, 1.82) is 0 Å². The van der Waals surface area contributed by atoms with Gasteiger partial charge in [-0.15, -0.1) is 35.7 Å². The Kier molecular flexibility index (Phi) is 22.4. The molecule has 0 atom stereocenters. The lowest BCUT2D eigenvalue weighted by Crippen LogP contribution is -2.62. The Labute approximate surface area is 666 Å². The number of benzene rings is 2. The van der Waals surface area contributed by atoms with Gasteiger partial charge in [-0.1, -0.05) is 23.3 Å². The summed E-state index contributed by atoms with van der Waals surface area (Å²) in [5.74, 6) is 3.10. The summed E-state index contributed by atoms with van der Waals surface area (Å²) < 4.78 is 12.1. The fraction of sp³-hybridized carbons (Fsp3) is 0.422. The highest BCUT2D eigenvalue weighted by molar-refractivity contribution is 7.17. The summed E-state index contributed by atoms with van der Waals surface area (Å²) in [7, 11) is 4.17. The Balaban J connectivity index is 0.000000126. The first-order valence-electron chi connectivity index (χ1n) is 38.6. The number of hydrogen-bond acceptors (Lipinski definition) is 25. The monoisotopic (exact) mass is 1560 g/mol. The fourth-order valence-electron chi connectivity index (χ4n) is 17.2. The van der Waals surface area contributed by atoms with Gasteiger partial charge in [-0.25, -0.2) is 0 Å². The second-order valence-electron chi connectivity index (χ2n) is 34.7. The van der Waals surface area contributed by atoms with E-state index in [0.29, 0.717) is 73.7 Å². The molecule has 5 saturated heterocycles. The van der Waals surface area contributed by atoms with E-state index in [0.717, 1.165) is 121 Å². The van der Waals surface area contributed by atoms with E-state index < -0.39 is 0 Å². The number of phenolic OH excluding ortho intramolecular Hbond substituents is 1. The molecule has 31 heteroatoms. The average molecular weight is 1560 g/mol. The number of nitrogens with one attached hydrogen (secondary N) is 10. The van der Waals surface area contributed by atoms with Crippen molar-refractivity contribution >= 4 is 28.1 Å². The summed E-state index contributed by atoms with van der Waals surface area (Å²) in [6.45, 7) is 31.0. The maximum atomic E-state index is 12.6. The third kappa shape index (κ3) is 19.3. The van der Waals surface area contributed by atoms with Crippen molar-refractivity contribution in [3.8, 4) is 101 Å². The number of pyridine rings is 2. The van der Waals surface area contributed by atoms with E-state index in [1.165, 1.54) is 17.8 Å². The molecule has 0 unspecified atom stereocenters. The number of ether oxygens (including phenoxy) is 2. The lowest BCUT2D eigenvalue weighted by molar-refractivity contribution is 0.0524. The molecule has 5 aliphatic rings. The minimum atomic E-state index is -0.228. The van der Waals surface area contributed by atoms with Gasteiger partial charge in [-0.3, -0.25) is 30.0 Å². The molecule has 0 bridgehead atoms. The zero-order chi connectivity index (χ0) is 80.4. The Morgan fingerprint density at radius 2 is 0.974 bits per heavy atom. The maximum absolute atomic E-state index is 12.6. The highest BCUT2D eigenvalue weighted by Gasteiger charge is 2.46. The molecule has 30 nitrogen and oxygen atoms in total. The van der Waals surface area contributed by atoms with Crippen LogP contribution in [-0.2, 0) is 0 Å². The highest BCUT2D eigenvalue weighted by atomic mass is 32.1. The number of aromatic nitrogens is 18. The van der Waals surface area contributed by atoms with Crippen LogP contribution in [0, 0.1) is 5.41 Å². The van der Waals surface area contributed by atoms with E-state index in [1.807, 2.05) is 79.0 Å². The number of H-pyrrole nitrogens is 6. The summed E-state index contributed by atoms with van der Waals surface area (Å²) >= 11 is 1.48. The van der Waals surface area contributed by atoms with Crippen LogP contribution in [0.15, 0.2) is 162 Å². The Bertz CT molecular complexity index is 5250. The molecule has 5 aliphatic heterocycles. The Morgan fingerprint density at radius 1 is 0.482 bits per heavy atom. The van der Waals surface area contributed by atoms with E-state index in [1.54, 1.807) is 73.7 Å². The SMILES string of the molecule is CC1(C)CC(Oc2ccc(-c3ccc(-c4cn[nH]c4)[nH]c3=O)nn2)CC(C)(C)N1.CN(c1ccc(-c2ccc(-c3cn[nH]c3)[nH]c2=O)nn1)C1CC(C)(C)NC(C)(C)C1.CN(c1nnc(Oc2cccc(-c3cn[nH]c3)c2)s1)C1CC(C)(C)NC(C)(C)C1.Oc1cc(-c2cn[nH]c2)ccc1-c1ccc(N2CC3(CCNC3)C2)nn1. The summed E-state index contributed by atoms with van der Waals surface area (Å²) in [6.07, 6.45) is 21.2. The van der Waals surface area contributed by atoms with Crippen LogP contribution in [0.4, 0.5) is 16.8 Å². The van der Waals surface area contributed by atoms with Gasteiger partial charge in [0.05, 0.1) is 64.4 Å². The van der Waals surface area contributed by atoms with Gasteiger partial charge < -0.3 is 60.5 Å². The van der Waals surface area contributed by atoms with Gasteiger partial charge in [-0.05, 0) is 223 Å². The minimum Gasteiger partial charge on any atom is -0.507 e. The van der Waals surface area contributed by atoms with E-state index in [9.17, 15) is 14.7 Å². The second kappa shape index (κ2) is 32.2. The van der Waals surface area contributed by atoms with Crippen molar-refractivity contribution in [3.05, 3.63) is 173 Å². The van der Waals surface area contributed by atoms with Crippen LogP contribution in [-0.4, -0.2) is 188 Å². The Morgan fingerprint density at radius 3 is 1.45 bits per heavy atom. The molecule has 0 amide bonds. The van der Waals surface area contributed by atoms with Crippen LogP contribution in [0.25, 0.3) is 78.5 Å². The predicted molar refractivity (Wildman–Crippen MR) is 445 cm³/mol. The number of phenols is 1. The number of rotatable bonds is 16. The Hall–Kier alpha value is -11.4. The van der Waals surface area contributed by atoms with Gasteiger partial charge >= 0.3 is 5.19 Å². The maximum Gasteiger partial charge on any atom is 0.301 e. The number of aromatic hydroxyl groups is 1. The largest absolute Gasteiger partial charge is 0.507 e. The lowest BCUT2D eigenvalue weighted by atomic mass is 9.79. The highest BCUT2D eigenvalue weighted by Crippen LogP contribution is 2.42. The fourth-order valence-corrected chi connectivity index (χ4v) is 17.9. The van der Waals surface area contributed by atoms with E-state index in [4.69, 9.17) is 9.47 Å². The van der Waals surface area contributed by atoms with Crippen molar-refractivity contribution in [1.82, 2.24) is 113 Å². The van der Waals surface area contributed by atoms with Crippen LogP contribution in [0.1, 0.15) is 128 Å². The molecule has 11 N–H and O–H groups in total. The number of nitrogens with zero attached hydrogens (tertiary/aromatic N) is 15. The zero-order valence-electron chi connectivity index (χ0n) is 67.1. The summed E-state index contributed by atoms with van der Waals surface area (Å²) in [4.78, 5) is 37.5. The third-order valence-corrected chi connectivity index (χ3v) is 22.4. The summed E-state index contributed by atoms with van der Waals surface area (Å²) in [5, 5.41) is 87.7. The molecule has 114 heavy (non-hydrogen) atoms. The van der Waals surface area contributed by atoms with Crippen molar-refractivity contribution < 1.29 is 14.6 Å². The molecule has 596 valence electrons. The number of anilines is 3. The molecule has 2 aromatic carbocycles. The van der Waals surface area contributed by atoms with E-state index in [2.05, 4.69) is 225 Å². The van der Waals surface area contributed by atoms with E-state index in [-0.39, 0.29) is 56.2 Å². The molecule has 17 rings (SSSR count). The third-order valence-electron chi connectivity index (χ3n) is 21.5. The standard InChI is InChI=1S/C22H29N7O.C21H26N6O2.C21H28N6OS.C19H20N6O/c1-21(2)10-15(11-22(3,4)28-21)29(5)19-9-8-18(26-27-19)16-6-7-17(25-20(16)30)14-12-23-24-13-14;1-20(2)9-14(10-21(3,4)27-20)29-18-8-7-17(25-26-18)15-5-6-16(24-19(15)28)13-11-22-23-12-13;1-20(2)10-16(11-21(3,4)26-20)27(5)18-24-25-19(29-18)28-17-8-6-7-14(9-17)15-12-22-23-13-15;26-17-7-13(14-8-21-22-9-14)1-2-15(17)16-3-4-18(24-23-16)25-11-19(12-25)5-6-20-10-19/h6-9,12-13,15,28H,10-11H2,1-5H3,(H,23,24)(H,25,30);5-8,11-12,14,27H,9-10H2,1-4H3,(H,22,23)(H,24,28);6-9,12-13,16,26H,10-11H2,1-5H3,(H,22,23);1-4,7-9,20,26H,5-6,10-12H2,(H,21,22).